The Bertz CT molecular complexity index is 943. The van der Waals surface area contributed by atoms with Gasteiger partial charge in [-0.15, -0.1) is 0 Å². The summed E-state index contributed by atoms with van der Waals surface area (Å²) < 4.78 is 34.1. The zero-order valence-corrected chi connectivity index (χ0v) is 13.7. The van der Waals surface area contributed by atoms with Gasteiger partial charge in [0.1, 0.15) is 11.5 Å². The van der Waals surface area contributed by atoms with E-state index >= 15 is 0 Å². The van der Waals surface area contributed by atoms with Crippen molar-refractivity contribution in [1.82, 2.24) is 15.0 Å². The second-order valence-corrected chi connectivity index (χ2v) is 5.34. The van der Waals surface area contributed by atoms with Crippen LogP contribution in [0.15, 0.2) is 30.5 Å². The van der Waals surface area contributed by atoms with Crippen LogP contribution < -0.4 is 9.47 Å². The van der Waals surface area contributed by atoms with Crippen LogP contribution in [0.2, 0.25) is 0 Å². The number of aliphatic hydroxyl groups excluding tert-OH is 1. The Hall–Kier alpha value is -3.07. The summed E-state index contributed by atoms with van der Waals surface area (Å²) in [6.07, 6.45) is 1.38. The van der Waals surface area contributed by atoms with Gasteiger partial charge in [-0.1, -0.05) is 0 Å². The number of aromatic nitrogens is 3. The van der Waals surface area contributed by atoms with Gasteiger partial charge in [-0.3, -0.25) is 9.78 Å². The van der Waals surface area contributed by atoms with Crippen LogP contribution >= 0.6 is 0 Å². The normalized spacial score (nSPS) is 11.1. The van der Waals surface area contributed by atoms with Crippen molar-refractivity contribution >= 4 is 16.8 Å². The molecule has 0 aliphatic heterocycles. The molecule has 1 aromatic carbocycles. The van der Waals surface area contributed by atoms with Crippen LogP contribution in [-0.4, -0.2) is 39.6 Å². The molecule has 0 aliphatic carbocycles. The lowest BCUT2D eigenvalue weighted by Crippen LogP contribution is -2.10. The molecule has 0 amide bonds. The predicted octanol–water partition coefficient (Wildman–Crippen LogP) is 2.49. The molecule has 3 rings (SSSR count). The van der Waals surface area contributed by atoms with E-state index in [1.165, 1.54) is 31.5 Å². The first-order valence-electron chi connectivity index (χ1n) is 7.61. The number of alkyl halides is 2. The fourth-order valence-corrected chi connectivity index (χ4v) is 2.56. The lowest BCUT2D eigenvalue weighted by atomic mass is 10.1. The van der Waals surface area contributed by atoms with Crippen molar-refractivity contribution in [1.29, 1.82) is 0 Å². The number of hydrogen-bond donors (Lipinski definition) is 2. The molecule has 0 spiro atoms. The number of imidazole rings is 1. The molecule has 0 saturated carbocycles. The number of H-pyrrole nitrogens is 1. The standard InChI is InChI=1S/C17H15F2N3O4/c1-25-15-4-5-20-12(10(15)8-23)7-14(24)16-21-11-3-2-9(26-17(18)19)6-13(11)22-16/h2-6,17,23H,7-8H2,1H3,(H,21,22). The third-order valence-electron chi connectivity index (χ3n) is 3.75. The zero-order valence-electron chi connectivity index (χ0n) is 13.7. The first-order valence-corrected chi connectivity index (χ1v) is 7.61. The van der Waals surface area contributed by atoms with E-state index in [1.807, 2.05) is 0 Å². The minimum absolute atomic E-state index is 0.0350. The molecule has 136 valence electrons. The summed E-state index contributed by atoms with van der Waals surface area (Å²) in [7, 11) is 1.46. The number of halogens is 2. The highest BCUT2D eigenvalue weighted by molar-refractivity contribution is 5.97. The molecule has 26 heavy (non-hydrogen) atoms. The molecule has 9 heteroatoms. The number of pyridine rings is 1. The minimum Gasteiger partial charge on any atom is -0.496 e. The molecule has 0 radical (unpaired) electrons. The molecule has 3 aromatic rings. The van der Waals surface area contributed by atoms with E-state index in [1.54, 1.807) is 6.07 Å². The van der Waals surface area contributed by atoms with Crippen LogP contribution in [0, 0.1) is 0 Å². The maximum atomic E-state index is 12.5. The summed E-state index contributed by atoms with van der Waals surface area (Å²) in [6.45, 7) is -3.26. The van der Waals surface area contributed by atoms with Gasteiger partial charge in [-0.2, -0.15) is 8.78 Å². The van der Waals surface area contributed by atoms with E-state index in [-0.39, 0.29) is 30.4 Å². The molecule has 2 N–H and O–H groups in total. The zero-order chi connectivity index (χ0) is 18.7. The summed E-state index contributed by atoms with van der Waals surface area (Å²) in [5, 5.41) is 9.50. The number of aliphatic hydroxyl groups is 1. The summed E-state index contributed by atoms with van der Waals surface area (Å²) >= 11 is 0. The van der Waals surface area contributed by atoms with Gasteiger partial charge in [0.2, 0.25) is 5.78 Å². The molecule has 2 aromatic heterocycles. The first-order chi connectivity index (χ1) is 12.5. The van der Waals surface area contributed by atoms with E-state index in [4.69, 9.17) is 4.74 Å². The Morgan fingerprint density at radius 1 is 1.35 bits per heavy atom. The average Bonchev–Trinajstić information content (AvgIpc) is 3.04. The van der Waals surface area contributed by atoms with E-state index in [0.29, 0.717) is 28.0 Å². The van der Waals surface area contributed by atoms with Gasteiger partial charge >= 0.3 is 6.61 Å². The smallest absolute Gasteiger partial charge is 0.387 e. The van der Waals surface area contributed by atoms with Crippen LogP contribution in [0.25, 0.3) is 11.0 Å². The van der Waals surface area contributed by atoms with E-state index in [2.05, 4.69) is 19.7 Å². The van der Waals surface area contributed by atoms with Crippen molar-refractivity contribution in [2.75, 3.05) is 7.11 Å². The number of ketones is 1. The average molecular weight is 363 g/mol. The van der Waals surface area contributed by atoms with E-state index < -0.39 is 6.61 Å². The molecule has 0 atom stereocenters. The summed E-state index contributed by atoms with van der Waals surface area (Å²) in [4.78, 5) is 23.6. The number of nitrogens with one attached hydrogen (secondary N) is 1. The van der Waals surface area contributed by atoms with E-state index in [9.17, 15) is 18.7 Å². The monoisotopic (exact) mass is 363 g/mol. The van der Waals surface area contributed by atoms with Gasteiger partial charge in [0.25, 0.3) is 0 Å². The summed E-state index contributed by atoms with van der Waals surface area (Å²) in [5.74, 6) is 0.0894. The van der Waals surface area contributed by atoms with Gasteiger partial charge < -0.3 is 19.6 Å². The highest BCUT2D eigenvalue weighted by atomic mass is 19.3. The Labute approximate surface area is 146 Å². The van der Waals surface area contributed by atoms with E-state index in [0.717, 1.165) is 0 Å². The Balaban J connectivity index is 1.86. The fraction of sp³-hybridized carbons (Fsp3) is 0.235. The molecule has 7 nitrogen and oxygen atoms in total. The van der Waals surface area contributed by atoms with Crippen LogP contribution in [-0.2, 0) is 13.0 Å². The van der Waals surface area contributed by atoms with Crippen molar-refractivity contribution in [3.63, 3.8) is 0 Å². The van der Waals surface area contributed by atoms with Crippen LogP contribution in [0.1, 0.15) is 21.9 Å². The SMILES string of the molecule is COc1ccnc(CC(=O)c2nc3ccc(OC(F)F)cc3[nH]2)c1CO. The Kier molecular flexibility index (Phi) is 5.08. The molecular formula is C17H15F2N3O4. The number of benzene rings is 1. The topological polar surface area (TPSA) is 97.3 Å². The number of carbonyl (C=O) groups is 1. The van der Waals surface area contributed by atoms with Crippen molar-refractivity contribution in [2.24, 2.45) is 0 Å². The van der Waals surface area contributed by atoms with Crippen molar-refractivity contribution < 1.29 is 28.2 Å². The Morgan fingerprint density at radius 3 is 2.85 bits per heavy atom. The number of hydrogen-bond acceptors (Lipinski definition) is 6. The van der Waals surface area contributed by atoms with Gasteiger partial charge in [-0.25, -0.2) is 4.98 Å². The lowest BCUT2D eigenvalue weighted by Gasteiger charge is -2.09. The Morgan fingerprint density at radius 2 is 2.15 bits per heavy atom. The number of Topliss-reactive ketones (excluding diaryl/α,β-unsaturated/α-hetero) is 1. The third kappa shape index (κ3) is 3.62. The van der Waals surface area contributed by atoms with Crippen LogP contribution in [0.3, 0.4) is 0 Å². The van der Waals surface area contributed by atoms with Crippen molar-refractivity contribution in [3.05, 3.63) is 47.5 Å². The molecule has 2 heterocycles. The molecule has 0 fully saturated rings. The number of carbonyl (C=O) groups excluding carboxylic acids is 1. The predicted molar refractivity (Wildman–Crippen MR) is 87.5 cm³/mol. The number of rotatable bonds is 7. The quantitative estimate of drug-likeness (QED) is 0.626. The molecule has 0 bridgehead atoms. The fourth-order valence-electron chi connectivity index (χ4n) is 2.56. The maximum Gasteiger partial charge on any atom is 0.387 e. The molecule has 0 unspecified atom stereocenters. The van der Waals surface area contributed by atoms with Gasteiger partial charge in [0.05, 0.1) is 36.9 Å². The second-order valence-electron chi connectivity index (χ2n) is 5.34. The van der Waals surface area contributed by atoms with Crippen molar-refractivity contribution in [2.45, 2.75) is 19.6 Å². The first kappa shape index (κ1) is 17.7. The summed E-state index contributed by atoms with van der Waals surface area (Å²) in [5.41, 5.74) is 1.63. The van der Waals surface area contributed by atoms with Gasteiger partial charge in [-0.05, 0) is 18.2 Å². The minimum atomic E-state index is -2.94. The van der Waals surface area contributed by atoms with Gasteiger partial charge in [0.15, 0.2) is 5.82 Å². The van der Waals surface area contributed by atoms with Crippen LogP contribution in [0.4, 0.5) is 8.78 Å². The van der Waals surface area contributed by atoms with Crippen LogP contribution in [0.5, 0.6) is 11.5 Å². The molecule has 0 saturated heterocycles. The number of nitrogens with zero attached hydrogens (tertiary/aromatic N) is 2. The highest BCUT2D eigenvalue weighted by Gasteiger charge is 2.18. The summed E-state index contributed by atoms with van der Waals surface area (Å²) in [6, 6.07) is 5.75. The number of aromatic amines is 1. The number of methoxy groups -OCH3 is 1. The second kappa shape index (κ2) is 7.44. The largest absolute Gasteiger partial charge is 0.496 e. The third-order valence-corrected chi connectivity index (χ3v) is 3.75. The maximum absolute atomic E-state index is 12.5. The molecule has 0 aliphatic rings. The number of ether oxygens (including phenoxy) is 2. The van der Waals surface area contributed by atoms with Gasteiger partial charge in [0, 0.05) is 17.8 Å². The number of fused-ring (bicyclic) bond motifs is 1. The lowest BCUT2D eigenvalue weighted by molar-refractivity contribution is -0.0497. The molecular weight excluding hydrogens is 348 g/mol. The van der Waals surface area contributed by atoms with Crippen molar-refractivity contribution in [3.8, 4) is 11.5 Å². The highest BCUT2D eigenvalue weighted by Crippen LogP contribution is 2.23.